The molecule has 2 N–H and O–H groups in total. The Morgan fingerprint density at radius 1 is 0.974 bits per heavy atom. The average Bonchev–Trinajstić information content (AvgIpc) is 3.46. The number of nitrogens with zero attached hydrogens (tertiary/aromatic N) is 2. The zero-order valence-corrected chi connectivity index (χ0v) is 21.8. The average molecular weight is 547 g/mol. The van der Waals surface area contributed by atoms with Crippen molar-refractivity contribution in [2.24, 2.45) is 0 Å². The third-order valence-electron chi connectivity index (χ3n) is 5.43. The summed E-state index contributed by atoms with van der Waals surface area (Å²) < 4.78 is 28.1. The van der Waals surface area contributed by atoms with Gasteiger partial charge in [0, 0.05) is 20.8 Å². The number of alkyl carbamates (subject to hydrolysis) is 1. The number of carbonyl (C=O) groups excluding carboxylic acids is 5. The number of rotatable bonds is 10. The molecule has 0 radical (unpaired) electrons. The number of imidazole rings is 1. The van der Waals surface area contributed by atoms with Crippen molar-refractivity contribution in [2.45, 2.75) is 64.9 Å². The van der Waals surface area contributed by atoms with Gasteiger partial charge in [-0.1, -0.05) is 30.3 Å². The summed E-state index contributed by atoms with van der Waals surface area (Å²) in [6.07, 6.45) is -2.22. The first-order valence-corrected chi connectivity index (χ1v) is 12.0. The zero-order valence-electron chi connectivity index (χ0n) is 21.8. The Morgan fingerprint density at radius 3 is 2.28 bits per heavy atom. The summed E-state index contributed by atoms with van der Waals surface area (Å²) in [6, 6.07) is 8.10. The van der Waals surface area contributed by atoms with Crippen LogP contribution in [0.25, 0.3) is 0 Å². The molecule has 2 amide bonds. The largest absolute Gasteiger partial charge is 0.463 e. The molecule has 1 saturated heterocycles. The monoisotopic (exact) mass is 546 g/mol. The Kier molecular flexibility index (Phi) is 9.98. The van der Waals surface area contributed by atoms with Gasteiger partial charge in [0.1, 0.15) is 25.4 Å². The second kappa shape index (κ2) is 13.4. The first kappa shape index (κ1) is 29.1. The van der Waals surface area contributed by atoms with Crippen molar-refractivity contribution in [3.05, 3.63) is 48.4 Å². The van der Waals surface area contributed by atoms with Crippen LogP contribution in [0.1, 0.15) is 39.5 Å². The van der Waals surface area contributed by atoms with E-state index < -0.39 is 60.5 Å². The van der Waals surface area contributed by atoms with Crippen LogP contribution < -0.4 is 10.6 Å². The highest BCUT2D eigenvalue weighted by molar-refractivity contribution is 5.95. The van der Waals surface area contributed by atoms with Crippen LogP contribution in [0.5, 0.6) is 0 Å². The number of amides is 2. The summed E-state index contributed by atoms with van der Waals surface area (Å²) in [5.41, 5.74) is 0.794. The van der Waals surface area contributed by atoms with Gasteiger partial charge in [0.15, 0.2) is 24.3 Å². The Bertz CT molecular complexity index is 1180. The molecule has 1 aliphatic rings. The Balaban J connectivity index is 1.64. The van der Waals surface area contributed by atoms with E-state index in [0.717, 1.165) is 5.56 Å². The highest BCUT2D eigenvalue weighted by atomic mass is 16.7. The topological polar surface area (TPSA) is 173 Å². The number of esters is 3. The smallest absolute Gasteiger partial charge is 0.408 e. The van der Waals surface area contributed by atoms with Gasteiger partial charge in [-0.05, 0) is 12.5 Å². The predicted molar refractivity (Wildman–Crippen MR) is 132 cm³/mol. The number of aromatic nitrogens is 2. The van der Waals surface area contributed by atoms with Gasteiger partial charge in [-0.25, -0.2) is 9.78 Å². The lowest BCUT2D eigenvalue weighted by molar-refractivity contribution is -0.166. The molecule has 0 spiro atoms. The van der Waals surface area contributed by atoms with Gasteiger partial charge < -0.3 is 38.9 Å². The summed E-state index contributed by atoms with van der Waals surface area (Å²) >= 11 is 0. The fourth-order valence-electron chi connectivity index (χ4n) is 3.71. The molecule has 0 unspecified atom stereocenters. The first-order chi connectivity index (χ1) is 18.5. The van der Waals surface area contributed by atoms with Crippen molar-refractivity contribution in [2.75, 3.05) is 11.9 Å². The van der Waals surface area contributed by atoms with Gasteiger partial charge in [-0.3, -0.25) is 19.2 Å². The van der Waals surface area contributed by atoms with E-state index in [4.69, 9.17) is 23.7 Å². The molecule has 0 aliphatic carbocycles. The quantitative estimate of drug-likeness (QED) is 0.326. The van der Waals surface area contributed by atoms with E-state index in [9.17, 15) is 24.0 Å². The van der Waals surface area contributed by atoms with Gasteiger partial charge in [0.2, 0.25) is 5.91 Å². The number of anilines is 1. The van der Waals surface area contributed by atoms with E-state index in [1.807, 2.05) is 18.2 Å². The minimum atomic E-state index is -1.11. The summed E-state index contributed by atoms with van der Waals surface area (Å²) in [4.78, 5) is 63.6. The predicted octanol–water partition coefficient (Wildman–Crippen LogP) is 1.46. The number of benzene rings is 1. The number of hydrogen-bond donors (Lipinski definition) is 2. The highest BCUT2D eigenvalue weighted by Gasteiger charge is 2.50. The van der Waals surface area contributed by atoms with Crippen molar-refractivity contribution in [3.8, 4) is 0 Å². The van der Waals surface area contributed by atoms with E-state index in [1.54, 1.807) is 12.1 Å². The lowest BCUT2D eigenvalue weighted by Crippen LogP contribution is -2.41. The van der Waals surface area contributed by atoms with Crippen LogP contribution in [0.2, 0.25) is 0 Å². The van der Waals surface area contributed by atoms with Gasteiger partial charge in [0.25, 0.3) is 0 Å². The lowest BCUT2D eigenvalue weighted by atomic mass is 10.1. The molecule has 3 rings (SSSR count). The van der Waals surface area contributed by atoms with E-state index in [0.29, 0.717) is 0 Å². The fourth-order valence-corrected chi connectivity index (χ4v) is 3.71. The van der Waals surface area contributed by atoms with Crippen molar-refractivity contribution in [1.82, 2.24) is 14.9 Å². The summed E-state index contributed by atoms with van der Waals surface area (Å²) in [7, 11) is 0. The van der Waals surface area contributed by atoms with E-state index >= 15 is 0 Å². The van der Waals surface area contributed by atoms with Crippen molar-refractivity contribution in [3.63, 3.8) is 0 Å². The van der Waals surface area contributed by atoms with Crippen LogP contribution in [-0.4, -0.2) is 70.4 Å². The van der Waals surface area contributed by atoms with Gasteiger partial charge in [-0.15, -0.1) is 0 Å². The number of nitrogens with one attached hydrogen (secondary N) is 2. The zero-order chi connectivity index (χ0) is 28.5. The second-order valence-electron chi connectivity index (χ2n) is 8.64. The maximum absolute atomic E-state index is 12.6. The molecule has 5 atom stereocenters. The van der Waals surface area contributed by atoms with E-state index in [1.165, 1.54) is 44.8 Å². The van der Waals surface area contributed by atoms with Crippen LogP contribution in [0.15, 0.2) is 42.9 Å². The van der Waals surface area contributed by atoms with Crippen LogP contribution in [0.4, 0.5) is 10.6 Å². The van der Waals surface area contributed by atoms with Gasteiger partial charge in [0.05, 0.1) is 12.5 Å². The number of ether oxygens (including phenoxy) is 5. The minimum Gasteiger partial charge on any atom is -0.463 e. The van der Waals surface area contributed by atoms with Crippen LogP contribution >= 0.6 is 0 Å². The molecule has 0 saturated carbocycles. The van der Waals surface area contributed by atoms with E-state index in [-0.39, 0.29) is 19.0 Å². The Labute approximate surface area is 223 Å². The lowest BCUT2D eigenvalue weighted by Gasteiger charge is -2.23. The molecule has 1 aromatic carbocycles. The van der Waals surface area contributed by atoms with Crippen molar-refractivity contribution >= 4 is 35.7 Å². The molecule has 1 aliphatic heterocycles. The summed E-state index contributed by atoms with van der Waals surface area (Å²) in [6.45, 7) is 4.82. The Hall–Kier alpha value is -4.46. The SMILES string of the molecule is CC(=O)OC[C@H]1O[C@@H](n2cnc(NC(=O)[C@H](C)NC(=O)OCc3ccccc3)c2)[C@H](OC(C)=O)[C@@H]1OC(C)=O. The number of carbonyl (C=O) groups is 5. The van der Waals surface area contributed by atoms with Crippen molar-refractivity contribution in [1.29, 1.82) is 0 Å². The maximum atomic E-state index is 12.6. The molecule has 210 valence electrons. The first-order valence-electron chi connectivity index (χ1n) is 12.0. The molecular weight excluding hydrogens is 516 g/mol. The third-order valence-corrected chi connectivity index (χ3v) is 5.43. The molecule has 14 heteroatoms. The summed E-state index contributed by atoms with van der Waals surface area (Å²) in [5, 5.41) is 4.99. The number of hydrogen-bond acceptors (Lipinski definition) is 11. The third kappa shape index (κ3) is 8.53. The maximum Gasteiger partial charge on any atom is 0.408 e. The standard InChI is InChI=1S/C25H30N4O10/c1-14(27-25(34)36-11-18-8-6-5-7-9-18)23(33)28-20-10-29(13-26-20)24-22(38-17(4)32)21(37-16(3)31)19(39-24)12-35-15(2)30/h5-10,13-14,19,21-22,24H,11-12H2,1-4H3,(H,27,34)(H,28,33)/t14-,19+,21+,22+,24+/m0/s1. The summed E-state index contributed by atoms with van der Waals surface area (Å²) in [5.74, 6) is -2.37. The highest BCUT2D eigenvalue weighted by Crippen LogP contribution is 2.34. The molecule has 1 fully saturated rings. The van der Waals surface area contributed by atoms with Crippen LogP contribution in [0, 0.1) is 0 Å². The molecule has 2 heterocycles. The molecular formula is C25H30N4O10. The molecule has 39 heavy (non-hydrogen) atoms. The molecule has 14 nitrogen and oxygen atoms in total. The van der Waals surface area contributed by atoms with Crippen molar-refractivity contribution < 1.29 is 47.7 Å². The normalized spacial score (nSPS) is 20.8. The van der Waals surface area contributed by atoms with E-state index in [2.05, 4.69) is 15.6 Å². The van der Waals surface area contributed by atoms with Gasteiger partial charge >= 0.3 is 24.0 Å². The van der Waals surface area contributed by atoms with Gasteiger partial charge in [-0.2, -0.15) is 0 Å². The molecule has 2 aromatic rings. The molecule has 0 bridgehead atoms. The van der Waals surface area contributed by atoms with Crippen LogP contribution in [0.3, 0.4) is 0 Å². The fraction of sp³-hybridized carbons (Fsp3) is 0.440. The van der Waals surface area contributed by atoms with Crippen LogP contribution in [-0.2, 0) is 49.5 Å². The molecule has 1 aromatic heterocycles. The minimum absolute atomic E-state index is 0.0447. The second-order valence-corrected chi connectivity index (χ2v) is 8.64. The Morgan fingerprint density at radius 2 is 1.64 bits per heavy atom.